The first-order valence-corrected chi connectivity index (χ1v) is 5.51. The van der Waals surface area contributed by atoms with E-state index >= 15 is 0 Å². The van der Waals surface area contributed by atoms with Crippen molar-refractivity contribution in [1.29, 1.82) is 0 Å². The SMILES string of the molecule is Cc1cc(NCc2cccn2C)cnc1Cl. The third-order valence-corrected chi connectivity index (χ3v) is 2.94. The molecule has 0 saturated carbocycles. The highest BCUT2D eigenvalue weighted by Crippen LogP contribution is 2.16. The highest BCUT2D eigenvalue weighted by Gasteiger charge is 2.00. The predicted molar refractivity (Wildman–Crippen MR) is 66.7 cm³/mol. The number of aromatic nitrogens is 2. The first-order valence-electron chi connectivity index (χ1n) is 5.13. The maximum Gasteiger partial charge on any atom is 0.132 e. The second-order valence-corrected chi connectivity index (χ2v) is 4.15. The van der Waals surface area contributed by atoms with Gasteiger partial charge < -0.3 is 9.88 Å². The Balaban J connectivity index is 2.05. The molecular weight excluding hydrogens is 222 g/mol. The molecule has 0 spiro atoms. The summed E-state index contributed by atoms with van der Waals surface area (Å²) in [4.78, 5) is 4.10. The predicted octanol–water partition coefficient (Wildman–Crippen LogP) is 2.99. The van der Waals surface area contributed by atoms with Gasteiger partial charge in [0.2, 0.25) is 0 Å². The summed E-state index contributed by atoms with van der Waals surface area (Å²) in [5, 5.41) is 3.87. The Morgan fingerprint density at radius 1 is 1.50 bits per heavy atom. The second-order valence-electron chi connectivity index (χ2n) is 3.80. The van der Waals surface area contributed by atoms with Crippen LogP contribution in [0.15, 0.2) is 30.6 Å². The van der Waals surface area contributed by atoms with Gasteiger partial charge in [-0.15, -0.1) is 0 Å². The average molecular weight is 236 g/mol. The zero-order chi connectivity index (χ0) is 11.5. The summed E-state index contributed by atoms with van der Waals surface area (Å²) < 4.78 is 2.09. The lowest BCUT2D eigenvalue weighted by Crippen LogP contribution is -2.04. The van der Waals surface area contributed by atoms with Crippen molar-refractivity contribution >= 4 is 17.3 Å². The van der Waals surface area contributed by atoms with Crippen LogP contribution in [0.2, 0.25) is 5.15 Å². The van der Waals surface area contributed by atoms with Gasteiger partial charge in [0.1, 0.15) is 5.15 Å². The van der Waals surface area contributed by atoms with Crippen LogP contribution >= 0.6 is 11.6 Å². The molecule has 0 saturated heterocycles. The van der Waals surface area contributed by atoms with E-state index in [1.54, 1.807) is 6.20 Å². The molecule has 0 radical (unpaired) electrons. The number of hydrogen-bond donors (Lipinski definition) is 1. The molecule has 0 bridgehead atoms. The molecular formula is C12H14ClN3. The monoisotopic (exact) mass is 235 g/mol. The van der Waals surface area contributed by atoms with Crippen LogP contribution in [-0.4, -0.2) is 9.55 Å². The molecule has 84 valence electrons. The van der Waals surface area contributed by atoms with Crippen LogP contribution < -0.4 is 5.32 Å². The molecule has 2 rings (SSSR count). The molecule has 0 aliphatic heterocycles. The topological polar surface area (TPSA) is 29.9 Å². The minimum absolute atomic E-state index is 0.560. The van der Waals surface area contributed by atoms with Crippen molar-refractivity contribution < 1.29 is 0 Å². The Kier molecular flexibility index (Phi) is 3.15. The van der Waals surface area contributed by atoms with Gasteiger partial charge in [-0.1, -0.05) is 11.6 Å². The summed E-state index contributed by atoms with van der Waals surface area (Å²) in [7, 11) is 2.03. The summed E-state index contributed by atoms with van der Waals surface area (Å²) >= 11 is 5.86. The van der Waals surface area contributed by atoms with Gasteiger partial charge in [-0.25, -0.2) is 4.98 Å². The summed E-state index contributed by atoms with van der Waals surface area (Å²) in [6.07, 6.45) is 3.78. The van der Waals surface area contributed by atoms with Gasteiger partial charge in [0.05, 0.1) is 18.4 Å². The molecule has 0 unspecified atom stereocenters. The fourth-order valence-corrected chi connectivity index (χ4v) is 1.63. The van der Waals surface area contributed by atoms with E-state index in [1.165, 1.54) is 5.69 Å². The van der Waals surface area contributed by atoms with Crippen molar-refractivity contribution in [1.82, 2.24) is 9.55 Å². The van der Waals surface area contributed by atoms with Crippen LogP contribution in [0.1, 0.15) is 11.3 Å². The molecule has 0 amide bonds. The zero-order valence-corrected chi connectivity index (χ0v) is 10.1. The van der Waals surface area contributed by atoms with Crippen LogP contribution in [0, 0.1) is 6.92 Å². The van der Waals surface area contributed by atoms with Crippen molar-refractivity contribution in [3.63, 3.8) is 0 Å². The fraction of sp³-hybridized carbons (Fsp3) is 0.250. The molecule has 2 aromatic heterocycles. The van der Waals surface area contributed by atoms with Crippen molar-refractivity contribution in [2.24, 2.45) is 7.05 Å². The second kappa shape index (κ2) is 4.58. The number of nitrogens with one attached hydrogen (secondary N) is 1. The lowest BCUT2D eigenvalue weighted by molar-refractivity contribution is 0.842. The lowest BCUT2D eigenvalue weighted by atomic mass is 10.3. The lowest BCUT2D eigenvalue weighted by Gasteiger charge is -2.08. The van der Waals surface area contributed by atoms with E-state index in [1.807, 2.05) is 32.3 Å². The van der Waals surface area contributed by atoms with E-state index in [0.717, 1.165) is 17.8 Å². The molecule has 0 fully saturated rings. The Morgan fingerprint density at radius 2 is 2.31 bits per heavy atom. The quantitative estimate of drug-likeness (QED) is 0.829. The highest BCUT2D eigenvalue weighted by atomic mass is 35.5. The standard InChI is InChI=1S/C12H14ClN3/c1-9-6-10(7-15-12(9)13)14-8-11-4-3-5-16(11)2/h3-7,14H,8H2,1-2H3. The van der Waals surface area contributed by atoms with E-state index < -0.39 is 0 Å². The van der Waals surface area contributed by atoms with Gasteiger partial charge >= 0.3 is 0 Å². The molecule has 4 heteroatoms. The van der Waals surface area contributed by atoms with Crippen LogP contribution in [0.3, 0.4) is 0 Å². The first kappa shape index (κ1) is 11.0. The van der Waals surface area contributed by atoms with E-state index in [4.69, 9.17) is 11.6 Å². The van der Waals surface area contributed by atoms with Crippen molar-refractivity contribution in [2.45, 2.75) is 13.5 Å². The third kappa shape index (κ3) is 2.36. The van der Waals surface area contributed by atoms with E-state index in [-0.39, 0.29) is 0 Å². The van der Waals surface area contributed by atoms with Crippen molar-refractivity contribution in [2.75, 3.05) is 5.32 Å². The van der Waals surface area contributed by atoms with Crippen LogP contribution in [0.4, 0.5) is 5.69 Å². The van der Waals surface area contributed by atoms with Gasteiger partial charge in [-0.2, -0.15) is 0 Å². The smallest absolute Gasteiger partial charge is 0.132 e. The average Bonchev–Trinajstić information content (AvgIpc) is 2.66. The molecule has 2 heterocycles. The maximum atomic E-state index is 5.86. The number of pyridine rings is 1. The molecule has 2 aromatic rings. The Bertz CT molecular complexity index is 491. The highest BCUT2D eigenvalue weighted by molar-refractivity contribution is 6.30. The van der Waals surface area contributed by atoms with Gasteiger partial charge in [0.15, 0.2) is 0 Å². The summed E-state index contributed by atoms with van der Waals surface area (Å²) in [5.41, 5.74) is 3.20. The van der Waals surface area contributed by atoms with E-state index in [0.29, 0.717) is 5.15 Å². The van der Waals surface area contributed by atoms with Gasteiger partial charge in [-0.3, -0.25) is 0 Å². The molecule has 16 heavy (non-hydrogen) atoms. The molecule has 3 nitrogen and oxygen atoms in total. The Labute approximate surface area is 100 Å². The van der Waals surface area contributed by atoms with Crippen LogP contribution in [0.25, 0.3) is 0 Å². The summed E-state index contributed by atoms with van der Waals surface area (Å²) in [6.45, 7) is 2.73. The van der Waals surface area contributed by atoms with Crippen LogP contribution in [0.5, 0.6) is 0 Å². The van der Waals surface area contributed by atoms with Gasteiger partial charge in [-0.05, 0) is 30.7 Å². The molecule has 0 aliphatic rings. The Hall–Kier alpha value is -1.48. The normalized spacial score (nSPS) is 10.4. The summed E-state index contributed by atoms with van der Waals surface area (Å²) in [5.74, 6) is 0. The summed E-state index contributed by atoms with van der Waals surface area (Å²) in [6, 6.07) is 6.11. The third-order valence-electron chi connectivity index (χ3n) is 2.54. The van der Waals surface area contributed by atoms with Gasteiger partial charge in [0.25, 0.3) is 0 Å². The zero-order valence-electron chi connectivity index (χ0n) is 9.37. The number of anilines is 1. The minimum atomic E-state index is 0.560. The number of hydrogen-bond acceptors (Lipinski definition) is 2. The van der Waals surface area contributed by atoms with E-state index in [9.17, 15) is 0 Å². The number of nitrogens with zero attached hydrogens (tertiary/aromatic N) is 2. The number of halogens is 1. The van der Waals surface area contributed by atoms with E-state index in [2.05, 4.69) is 20.9 Å². The fourth-order valence-electron chi connectivity index (χ4n) is 1.53. The molecule has 0 aliphatic carbocycles. The first-order chi connectivity index (χ1) is 7.66. The molecule has 1 N–H and O–H groups in total. The minimum Gasteiger partial charge on any atom is -0.378 e. The van der Waals surface area contributed by atoms with Gasteiger partial charge in [0, 0.05) is 18.9 Å². The van der Waals surface area contributed by atoms with Crippen LogP contribution in [-0.2, 0) is 13.6 Å². The molecule has 0 atom stereocenters. The van der Waals surface area contributed by atoms with Crippen molar-refractivity contribution in [3.05, 3.63) is 47.0 Å². The number of aryl methyl sites for hydroxylation is 2. The van der Waals surface area contributed by atoms with Crippen molar-refractivity contribution in [3.8, 4) is 0 Å². The maximum absolute atomic E-state index is 5.86. The largest absolute Gasteiger partial charge is 0.378 e. The Morgan fingerprint density at radius 3 is 2.94 bits per heavy atom. The molecule has 0 aromatic carbocycles. The number of rotatable bonds is 3.